The number of ether oxygens (including phenoxy) is 1. The van der Waals surface area contributed by atoms with Gasteiger partial charge in [-0.2, -0.15) is 0 Å². The molecule has 1 fully saturated rings. The number of methoxy groups -OCH3 is 1. The highest BCUT2D eigenvalue weighted by atomic mass is 19.1. The molecule has 0 bridgehead atoms. The molecule has 8 heteroatoms. The first-order valence-corrected chi connectivity index (χ1v) is 8.93. The fourth-order valence-corrected chi connectivity index (χ4v) is 3.78. The van der Waals surface area contributed by atoms with Crippen LogP contribution in [0, 0.1) is 5.82 Å². The SMILES string of the molecule is COc1ccc(F)cc1C(=O)N1CCC(c2nnc3n2CCNC3)CC1. The van der Waals surface area contributed by atoms with Gasteiger partial charge < -0.3 is 19.5 Å². The molecule has 1 N–H and O–H groups in total. The van der Waals surface area contributed by atoms with Crippen LogP contribution in [0.2, 0.25) is 0 Å². The molecule has 1 amide bonds. The van der Waals surface area contributed by atoms with Gasteiger partial charge in [0.15, 0.2) is 0 Å². The van der Waals surface area contributed by atoms with E-state index in [0.29, 0.717) is 24.8 Å². The first kappa shape index (κ1) is 17.0. The van der Waals surface area contributed by atoms with E-state index in [9.17, 15) is 9.18 Å². The number of likely N-dealkylation sites (tertiary alicyclic amines) is 1. The number of carbonyl (C=O) groups is 1. The van der Waals surface area contributed by atoms with Crippen LogP contribution in [0.5, 0.6) is 5.75 Å². The zero-order valence-electron chi connectivity index (χ0n) is 14.7. The summed E-state index contributed by atoms with van der Waals surface area (Å²) >= 11 is 0. The van der Waals surface area contributed by atoms with Crippen molar-refractivity contribution in [2.24, 2.45) is 0 Å². The van der Waals surface area contributed by atoms with Gasteiger partial charge in [-0.25, -0.2) is 4.39 Å². The molecular weight excluding hydrogens is 337 g/mol. The Bertz CT molecular complexity index is 814. The Balaban J connectivity index is 1.46. The van der Waals surface area contributed by atoms with Crippen LogP contribution in [-0.2, 0) is 13.1 Å². The number of fused-ring (bicyclic) bond motifs is 1. The molecule has 0 unspecified atom stereocenters. The largest absolute Gasteiger partial charge is 0.496 e. The number of benzene rings is 1. The second-order valence-electron chi connectivity index (χ2n) is 6.71. The van der Waals surface area contributed by atoms with Gasteiger partial charge in [0.1, 0.15) is 23.2 Å². The molecule has 1 aromatic carbocycles. The van der Waals surface area contributed by atoms with E-state index < -0.39 is 5.82 Å². The molecule has 2 aromatic rings. The predicted molar refractivity (Wildman–Crippen MR) is 92.6 cm³/mol. The van der Waals surface area contributed by atoms with E-state index in [2.05, 4.69) is 20.1 Å². The lowest BCUT2D eigenvalue weighted by atomic mass is 9.95. The van der Waals surface area contributed by atoms with Gasteiger partial charge in [-0.3, -0.25) is 4.79 Å². The average molecular weight is 359 g/mol. The van der Waals surface area contributed by atoms with Crippen molar-refractivity contribution in [2.75, 3.05) is 26.7 Å². The highest BCUT2D eigenvalue weighted by Crippen LogP contribution is 2.30. The second kappa shape index (κ2) is 7.03. The molecule has 3 heterocycles. The smallest absolute Gasteiger partial charge is 0.257 e. The zero-order valence-corrected chi connectivity index (χ0v) is 14.7. The Labute approximate surface area is 151 Å². The van der Waals surface area contributed by atoms with Crippen LogP contribution in [0.3, 0.4) is 0 Å². The van der Waals surface area contributed by atoms with Crippen LogP contribution < -0.4 is 10.1 Å². The lowest BCUT2D eigenvalue weighted by Crippen LogP contribution is -2.39. The number of nitrogens with one attached hydrogen (secondary N) is 1. The van der Waals surface area contributed by atoms with Crippen LogP contribution >= 0.6 is 0 Å². The van der Waals surface area contributed by atoms with Crippen molar-refractivity contribution >= 4 is 5.91 Å². The van der Waals surface area contributed by atoms with Crippen molar-refractivity contribution in [1.29, 1.82) is 0 Å². The number of nitrogens with zero attached hydrogens (tertiary/aromatic N) is 4. The van der Waals surface area contributed by atoms with Gasteiger partial charge in [0.05, 0.1) is 19.2 Å². The van der Waals surface area contributed by atoms with Crippen molar-refractivity contribution < 1.29 is 13.9 Å². The Morgan fingerprint density at radius 3 is 2.85 bits per heavy atom. The summed E-state index contributed by atoms with van der Waals surface area (Å²) < 4.78 is 21.0. The van der Waals surface area contributed by atoms with Crippen molar-refractivity contribution in [3.05, 3.63) is 41.2 Å². The number of rotatable bonds is 3. The Hall–Kier alpha value is -2.48. The third kappa shape index (κ3) is 3.05. The molecule has 1 aromatic heterocycles. The van der Waals surface area contributed by atoms with Crippen LogP contribution in [0.1, 0.15) is 40.8 Å². The van der Waals surface area contributed by atoms with Gasteiger partial charge in [-0.15, -0.1) is 10.2 Å². The molecule has 2 aliphatic heterocycles. The van der Waals surface area contributed by atoms with E-state index in [0.717, 1.165) is 44.1 Å². The van der Waals surface area contributed by atoms with Gasteiger partial charge in [0, 0.05) is 32.1 Å². The van der Waals surface area contributed by atoms with Gasteiger partial charge in [0.2, 0.25) is 0 Å². The summed E-state index contributed by atoms with van der Waals surface area (Å²) in [5.41, 5.74) is 0.275. The van der Waals surface area contributed by atoms with Gasteiger partial charge in [-0.1, -0.05) is 0 Å². The molecule has 0 spiro atoms. The van der Waals surface area contributed by atoms with E-state index in [1.54, 1.807) is 4.90 Å². The number of piperidine rings is 1. The maximum Gasteiger partial charge on any atom is 0.257 e. The van der Waals surface area contributed by atoms with Crippen molar-refractivity contribution in [3.8, 4) is 5.75 Å². The first-order valence-electron chi connectivity index (χ1n) is 8.93. The maximum atomic E-state index is 13.6. The Morgan fingerprint density at radius 1 is 1.27 bits per heavy atom. The highest BCUT2D eigenvalue weighted by molar-refractivity contribution is 5.97. The predicted octanol–water partition coefficient (Wildman–Crippen LogP) is 1.55. The van der Waals surface area contributed by atoms with Crippen LogP contribution in [-0.4, -0.2) is 52.3 Å². The number of halogens is 1. The number of aromatic nitrogens is 3. The highest BCUT2D eigenvalue weighted by Gasteiger charge is 2.30. The summed E-state index contributed by atoms with van der Waals surface area (Å²) in [6, 6.07) is 4.03. The molecule has 0 radical (unpaired) electrons. The molecule has 0 atom stereocenters. The lowest BCUT2D eigenvalue weighted by Gasteiger charge is -2.32. The van der Waals surface area contributed by atoms with Crippen molar-refractivity contribution in [3.63, 3.8) is 0 Å². The topological polar surface area (TPSA) is 72.3 Å². The molecule has 1 saturated heterocycles. The summed E-state index contributed by atoms with van der Waals surface area (Å²) in [7, 11) is 1.49. The minimum Gasteiger partial charge on any atom is -0.496 e. The Morgan fingerprint density at radius 2 is 2.08 bits per heavy atom. The summed E-state index contributed by atoms with van der Waals surface area (Å²) in [4.78, 5) is 14.6. The fraction of sp³-hybridized carbons (Fsp3) is 0.500. The summed E-state index contributed by atoms with van der Waals surface area (Å²) in [6.07, 6.45) is 1.66. The molecular formula is C18H22FN5O2. The van der Waals surface area contributed by atoms with Gasteiger partial charge >= 0.3 is 0 Å². The molecule has 26 heavy (non-hydrogen) atoms. The third-order valence-corrected chi connectivity index (χ3v) is 5.19. The van der Waals surface area contributed by atoms with Crippen molar-refractivity contribution in [1.82, 2.24) is 25.0 Å². The van der Waals surface area contributed by atoms with Gasteiger partial charge in [0.25, 0.3) is 5.91 Å². The number of hydrogen-bond donors (Lipinski definition) is 1. The Kier molecular flexibility index (Phi) is 4.58. The van der Waals surface area contributed by atoms with E-state index in [1.165, 1.54) is 25.3 Å². The second-order valence-corrected chi connectivity index (χ2v) is 6.71. The van der Waals surface area contributed by atoms with Crippen molar-refractivity contribution in [2.45, 2.75) is 31.8 Å². The fourth-order valence-electron chi connectivity index (χ4n) is 3.78. The molecule has 2 aliphatic rings. The number of amides is 1. The summed E-state index contributed by atoms with van der Waals surface area (Å²) in [5.74, 6) is 2.08. The van der Waals surface area contributed by atoms with Crippen LogP contribution in [0.15, 0.2) is 18.2 Å². The molecule has 4 rings (SSSR count). The minimum absolute atomic E-state index is 0.188. The normalized spacial score (nSPS) is 17.8. The first-order chi connectivity index (χ1) is 12.7. The van der Waals surface area contributed by atoms with E-state index in [1.807, 2.05) is 0 Å². The van der Waals surface area contributed by atoms with Gasteiger partial charge in [-0.05, 0) is 31.0 Å². The quantitative estimate of drug-likeness (QED) is 0.900. The number of carbonyl (C=O) groups excluding carboxylic acids is 1. The molecule has 0 aliphatic carbocycles. The van der Waals surface area contributed by atoms with E-state index >= 15 is 0 Å². The lowest BCUT2D eigenvalue weighted by molar-refractivity contribution is 0.0706. The molecule has 7 nitrogen and oxygen atoms in total. The van der Waals surface area contributed by atoms with E-state index in [-0.39, 0.29) is 11.5 Å². The average Bonchev–Trinajstić information content (AvgIpc) is 3.11. The zero-order chi connectivity index (χ0) is 18.1. The summed E-state index contributed by atoms with van der Waals surface area (Å²) in [5, 5.41) is 12.0. The maximum absolute atomic E-state index is 13.6. The third-order valence-electron chi connectivity index (χ3n) is 5.19. The minimum atomic E-state index is -0.437. The standard InChI is InChI=1S/C18H22FN5O2/c1-26-15-3-2-13(19)10-14(15)18(25)23-7-4-12(5-8-23)17-22-21-16-11-20-6-9-24(16)17/h2-3,10,12,20H,4-9,11H2,1H3. The number of hydrogen-bond acceptors (Lipinski definition) is 5. The molecule has 138 valence electrons. The molecule has 0 saturated carbocycles. The van der Waals surface area contributed by atoms with Crippen LogP contribution in [0.4, 0.5) is 4.39 Å². The van der Waals surface area contributed by atoms with E-state index in [4.69, 9.17) is 4.74 Å². The summed E-state index contributed by atoms with van der Waals surface area (Å²) in [6.45, 7) is 3.79. The van der Waals surface area contributed by atoms with Crippen LogP contribution in [0.25, 0.3) is 0 Å². The monoisotopic (exact) mass is 359 g/mol.